The van der Waals surface area contributed by atoms with E-state index >= 15 is 0 Å². The van der Waals surface area contributed by atoms with Gasteiger partial charge >= 0.3 is 5.97 Å². The minimum atomic E-state index is -0.728. The van der Waals surface area contributed by atoms with E-state index in [0.29, 0.717) is 39.7 Å². The lowest BCUT2D eigenvalue weighted by molar-refractivity contribution is -0.139. The first-order valence-corrected chi connectivity index (χ1v) is 12.7. The van der Waals surface area contributed by atoms with Crippen LogP contribution in [-0.2, 0) is 19.1 Å². The fraction of sp³-hybridized carbons (Fsp3) is 0.219. The number of aldehydes is 1. The average molecular weight is 525 g/mol. The first kappa shape index (κ1) is 26.0. The van der Waals surface area contributed by atoms with Gasteiger partial charge in [-0.05, 0) is 73.9 Å². The Kier molecular flexibility index (Phi) is 7.07. The summed E-state index contributed by atoms with van der Waals surface area (Å²) in [6.07, 6.45) is 4.08. The fourth-order valence-corrected chi connectivity index (χ4v) is 5.11. The minimum Gasteiger partial charge on any atom is -0.497 e. The first-order valence-electron chi connectivity index (χ1n) is 12.7. The molecule has 0 N–H and O–H groups in total. The number of fused-ring (bicyclic) bond motifs is 1. The van der Waals surface area contributed by atoms with Crippen LogP contribution in [0.4, 0.5) is 0 Å². The fourth-order valence-electron chi connectivity index (χ4n) is 5.11. The maximum absolute atomic E-state index is 13.8. The van der Waals surface area contributed by atoms with Gasteiger partial charge in [0.25, 0.3) is 0 Å². The Morgan fingerprint density at radius 1 is 1.03 bits per heavy atom. The highest BCUT2D eigenvalue weighted by atomic mass is 16.5. The van der Waals surface area contributed by atoms with Gasteiger partial charge < -0.3 is 18.6 Å². The van der Waals surface area contributed by atoms with Crippen molar-refractivity contribution in [2.24, 2.45) is 5.92 Å². The molecular weight excluding hydrogens is 496 g/mol. The second-order valence-electron chi connectivity index (χ2n) is 9.46. The topological polar surface area (TPSA) is 92.0 Å². The Labute approximate surface area is 226 Å². The van der Waals surface area contributed by atoms with Crippen molar-refractivity contribution in [1.82, 2.24) is 0 Å². The van der Waals surface area contributed by atoms with Gasteiger partial charge in [-0.2, -0.15) is 0 Å². The molecule has 1 aromatic heterocycles. The Hall–Kier alpha value is -4.65. The van der Waals surface area contributed by atoms with E-state index in [2.05, 4.69) is 0 Å². The van der Waals surface area contributed by atoms with Crippen LogP contribution in [0.1, 0.15) is 47.0 Å². The van der Waals surface area contributed by atoms with Crippen LogP contribution < -0.4 is 4.74 Å². The summed E-state index contributed by atoms with van der Waals surface area (Å²) in [4.78, 5) is 38.1. The van der Waals surface area contributed by atoms with E-state index in [0.717, 1.165) is 23.0 Å². The average Bonchev–Trinajstić information content (AvgIpc) is 3.52. The van der Waals surface area contributed by atoms with Gasteiger partial charge in [0, 0.05) is 28.7 Å². The van der Waals surface area contributed by atoms with Crippen LogP contribution >= 0.6 is 0 Å². The summed E-state index contributed by atoms with van der Waals surface area (Å²) in [5, 5.41) is 0. The van der Waals surface area contributed by atoms with E-state index in [4.69, 9.17) is 18.6 Å². The number of allylic oxidation sites excluding steroid dienone is 4. The van der Waals surface area contributed by atoms with Crippen molar-refractivity contribution in [1.29, 1.82) is 0 Å². The van der Waals surface area contributed by atoms with E-state index in [-0.39, 0.29) is 18.1 Å². The standard InChI is InChI=1S/C32H28O7/c1-5-37-32(35)28-19(3)14-26-30(29(28)21-8-10-22(36-4)11-9-21)31(34)27(39-26)16-23-12-13-25(38-23)24-15-20(17-33)7-6-18(24)2/h6-17,29-30H,5H2,1-4H3/b27-16-. The number of methoxy groups -OCH3 is 1. The summed E-state index contributed by atoms with van der Waals surface area (Å²) >= 11 is 0. The molecule has 2 unspecified atom stereocenters. The number of furan rings is 1. The van der Waals surface area contributed by atoms with Gasteiger partial charge in [-0.3, -0.25) is 9.59 Å². The Morgan fingerprint density at radius 2 is 1.79 bits per heavy atom. The summed E-state index contributed by atoms with van der Waals surface area (Å²) < 4.78 is 22.8. The van der Waals surface area contributed by atoms with E-state index in [1.165, 1.54) is 0 Å². The second kappa shape index (κ2) is 10.6. The highest BCUT2D eigenvalue weighted by Gasteiger charge is 2.48. The predicted molar refractivity (Wildman–Crippen MR) is 145 cm³/mol. The molecule has 3 aromatic rings. The number of benzene rings is 2. The maximum atomic E-state index is 13.8. The number of carbonyl (C=O) groups is 3. The minimum absolute atomic E-state index is 0.127. The van der Waals surface area contributed by atoms with Crippen LogP contribution in [0.5, 0.6) is 5.75 Å². The molecule has 7 heteroatoms. The summed E-state index contributed by atoms with van der Waals surface area (Å²) in [6, 6.07) is 16.2. The van der Waals surface area contributed by atoms with Crippen molar-refractivity contribution < 1.29 is 33.0 Å². The highest BCUT2D eigenvalue weighted by molar-refractivity contribution is 6.06. The summed E-state index contributed by atoms with van der Waals surface area (Å²) in [6.45, 7) is 5.72. The van der Waals surface area contributed by atoms with Crippen LogP contribution in [0.3, 0.4) is 0 Å². The van der Waals surface area contributed by atoms with Crippen molar-refractivity contribution in [3.8, 4) is 17.1 Å². The molecule has 5 rings (SSSR count). The molecule has 0 bridgehead atoms. The molecule has 1 saturated heterocycles. The number of carbonyl (C=O) groups excluding carboxylic acids is 3. The molecule has 2 heterocycles. The van der Waals surface area contributed by atoms with Gasteiger partial charge in [0.15, 0.2) is 5.76 Å². The van der Waals surface area contributed by atoms with E-state index in [9.17, 15) is 14.4 Å². The summed E-state index contributed by atoms with van der Waals surface area (Å²) in [5.41, 5.74) is 4.17. The van der Waals surface area contributed by atoms with Gasteiger partial charge in [-0.1, -0.05) is 24.3 Å². The molecule has 198 valence electrons. The predicted octanol–water partition coefficient (Wildman–Crippen LogP) is 6.19. The van der Waals surface area contributed by atoms with Crippen molar-refractivity contribution in [2.45, 2.75) is 26.7 Å². The number of hydrogen-bond donors (Lipinski definition) is 0. The quantitative estimate of drug-likeness (QED) is 0.207. The van der Waals surface area contributed by atoms with Crippen LogP contribution in [0, 0.1) is 12.8 Å². The lowest BCUT2D eigenvalue weighted by atomic mass is 9.73. The largest absolute Gasteiger partial charge is 0.497 e. The van der Waals surface area contributed by atoms with E-state index in [1.807, 2.05) is 32.0 Å². The molecular formula is C32H28O7. The van der Waals surface area contributed by atoms with Gasteiger partial charge in [0.1, 0.15) is 29.3 Å². The smallest absolute Gasteiger partial charge is 0.334 e. The van der Waals surface area contributed by atoms with Gasteiger partial charge in [0.05, 0.1) is 19.6 Å². The summed E-state index contributed by atoms with van der Waals surface area (Å²) in [7, 11) is 1.58. The molecule has 2 aromatic carbocycles. The molecule has 0 saturated carbocycles. The van der Waals surface area contributed by atoms with Crippen LogP contribution in [-0.4, -0.2) is 31.8 Å². The van der Waals surface area contributed by atoms with E-state index in [1.54, 1.807) is 62.6 Å². The summed E-state index contributed by atoms with van der Waals surface area (Å²) in [5.74, 6) is 0.237. The highest BCUT2D eigenvalue weighted by Crippen LogP contribution is 2.48. The SMILES string of the molecule is CCOC(=O)C1=C(C)C=C2O/C(=C\c3ccc(-c4cc(C=O)ccc4C)o3)C(=O)C2C1c1ccc(OC)cc1. The van der Waals surface area contributed by atoms with Crippen molar-refractivity contribution in [2.75, 3.05) is 13.7 Å². The molecule has 2 aliphatic rings. The Bertz CT molecular complexity index is 1550. The van der Waals surface area contributed by atoms with Crippen molar-refractivity contribution in [3.05, 3.63) is 106 Å². The van der Waals surface area contributed by atoms with Gasteiger partial charge in [0.2, 0.25) is 5.78 Å². The molecule has 0 radical (unpaired) electrons. The number of rotatable bonds is 7. The molecule has 39 heavy (non-hydrogen) atoms. The Balaban J connectivity index is 1.51. The zero-order valence-corrected chi connectivity index (χ0v) is 22.1. The Morgan fingerprint density at radius 3 is 2.49 bits per heavy atom. The number of esters is 1. The molecule has 7 nitrogen and oxygen atoms in total. The molecule has 1 aliphatic carbocycles. The number of aryl methyl sites for hydroxylation is 1. The van der Waals surface area contributed by atoms with Crippen LogP contribution in [0.2, 0.25) is 0 Å². The zero-order valence-electron chi connectivity index (χ0n) is 22.1. The third-order valence-corrected chi connectivity index (χ3v) is 7.02. The van der Waals surface area contributed by atoms with Crippen LogP contribution in [0.25, 0.3) is 17.4 Å². The maximum Gasteiger partial charge on any atom is 0.334 e. The number of Topliss-reactive ketones (excluding diaryl/α,β-unsaturated/α-hetero) is 1. The van der Waals surface area contributed by atoms with Crippen molar-refractivity contribution >= 4 is 24.1 Å². The monoisotopic (exact) mass is 524 g/mol. The number of ketones is 1. The number of ether oxygens (including phenoxy) is 3. The van der Waals surface area contributed by atoms with Gasteiger partial charge in [-0.25, -0.2) is 4.79 Å². The van der Waals surface area contributed by atoms with E-state index < -0.39 is 17.8 Å². The molecule has 0 amide bonds. The van der Waals surface area contributed by atoms with Crippen molar-refractivity contribution in [3.63, 3.8) is 0 Å². The van der Waals surface area contributed by atoms with Crippen LogP contribution in [0.15, 0.2) is 87.8 Å². The molecule has 2 atom stereocenters. The molecule has 1 fully saturated rings. The lowest BCUT2D eigenvalue weighted by Gasteiger charge is -2.29. The first-order chi connectivity index (χ1) is 18.8. The third-order valence-electron chi connectivity index (χ3n) is 7.02. The third kappa shape index (κ3) is 4.83. The zero-order chi connectivity index (χ0) is 27.7. The van der Waals surface area contributed by atoms with Gasteiger partial charge in [-0.15, -0.1) is 0 Å². The molecule has 0 spiro atoms. The normalized spacial score (nSPS) is 19.4. The second-order valence-corrected chi connectivity index (χ2v) is 9.46. The number of hydrogen-bond acceptors (Lipinski definition) is 7. The molecule has 1 aliphatic heterocycles. The lowest BCUT2D eigenvalue weighted by Crippen LogP contribution is -2.28.